The Kier molecular flexibility index (Phi) is 5.26. The van der Waals surface area contributed by atoms with Crippen LogP contribution in [0.15, 0.2) is 12.1 Å². The first-order valence-electron chi connectivity index (χ1n) is 6.36. The normalized spacial score (nSPS) is 16.8. The first-order valence-corrected chi connectivity index (χ1v) is 7.44. The highest BCUT2D eigenvalue weighted by atomic mass is 127. The molecule has 0 aliphatic carbocycles. The van der Waals surface area contributed by atoms with Gasteiger partial charge in [0.2, 0.25) is 0 Å². The fourth-order valence-corrected chi connectivity index (χ4v) is 3.16. The number of nitrogens with zero attached hydrogens (tertiary/aromatic N) is 1. The maximum Gasteiger partial charge on any atom is 0.125 e. The molecule has 4 heteroatoms. The molecule has 100 valence electrons. The first-order chi connectivity index (χ1) is 8.66. The molecule has 0 bridgehead atoms. The van der Waals surface area contributed by atoms with E-state index in [2.05, 4.69) is 53.5 Å². The highest BCUT2D eigenvalue weighted by molar-refractivity contribution is 14.1. The van der Waals surface area contributed by atoms with Gasteiger partial charge in [-0.1, -0.05) is 0 Å². The molecule has 0 aromatic heterocycles. The zero-order valence-corrected chi connectivity index (χ0v) is 13.2. The molecule has 1 aromatic rings. The molecule has 2 rings (SSSR count). The predicted molar refractivity (Wildman–Crippen MR) is 81.4 cm³/mol. The van der Waals surface area contributed by atoms with E-state index in [9.17, 15) is 0 Å². The van der Waals surface area contributed by atoms with Crippen LogP contribution in [0.1, 0.15) is 11.1 Å². The highest BCUT2D eigenvalue weighted by Crippen LogP contribution is 2.25. The molecule has 1 saturated heterocycles. The van der Waals surface area contributed by atoms with E-state index in [0.29, 0.717) is 0 Å². The number of halogens is 1. The number of hydrogen-bond acceptors (Lipinski definition) is 3. The fourth-order valence-electron chi connectivity index (χ4n) is 2.23. The molecular formula is C14H20INO2. The molecule has 0 spiro atoms. The second kappa shape index (κ2) is 6.73. The summed E-state index contributed by atoms with van der Waals surface area (Å²) in [6.07, 6.45) is 0. The van der Waals surface area contributed by atoms with Gasteiger partial charge >= 0.3 is 0 Å². The molecule has 0 N–H and O–H groups in total. The van der Waals surface area contributed by atoms with Crippen LogP contribution in [0, 0.1) is 17.4 Å². The quantitative estimate of drug-likeness (QED) is 0.770. The van der Waals surface area contributed by atoms with E-state index in [1.54, 1.807) is 0 Å². The van der Waals surface area contributed by atoms with Crippen LogP contribution < -0.4 is 4.74 Å². The Morgan fingerprint density at radius 1 is 1.22 bits per heavy atom. The predicted octanol–water partition coefficient (Wildman–Crippen LogP) is 2.62. The van der Waals surface area contributed by atoms with Crippen molar-refractivity contribution in [2.24, 2.45) is 0 Å². The monoisotopic (exact) mass is 361 g/mol. The fraction of sp³-hybridized carbons (Fsp3) is 0.571. The second-order valence-electron chi connectivity index (χ2n) is 4.67. The number of morpholine rings is 1. The number of aryl methyl sites for hydroxylation is 2. The van der Waals surface area contributed by atoms with Crippen LogP contribution in [0.4, 0.5) is 0 Å². The van der Waals surface area contributed by atoms with Crippen molar-refractivity contribution in [3.05, 3.63) is 26.8 Å². The zero-order chi connectivity index (χ0) is 13.0. The summed E-state index contributed by atoms with van der Waals surface area (Å²) in [5.74, 6) is 1.05. The van der Waals surface area contributed by atoms with E-state index in [-0.39, 0.29) is 0 Å². The molecule has 1 aliphatic heterocycles. The molecule has 1 aliphatic rings. The third-order valence-electron chi connectivity index (χ3n) is 3.18. The Bertz CT molecular complexity index is 380. The summed E-state index contributed by atoms with van der Waals surface area (Å²) in [4.78, 5) is 2.39. The molecule has 0 amide bonds. The Labute approximate surface area is 123 Å². The van der Waals surface area contributed by atoms with Crippen molar-refractivity contribution in [3.8, 4) is 5.75 Å². The van der Waals surface area contributed by atoms with Gasteiger partial charge in [0.05, 0.1) is 13.2 Å². The van der Waals surface area contributed by atoms with Crippen LogP contribution in [-0.2, 0) is 4.74 Å². The summed E-state index contributed by atoms with van der Waals surface area (Å²) in [6, 6.07) is 4.33. The molecule has 1 aromatic carbocycles. The van der Waals surface area contributed by atoms with E-state index >= 15 is 0 Å². The summed E-state index contributed by atoms with van der Waals surface area (Å²) < 4.78 is 12.5. The van der Waals surface area contributed by atoms with Gasteiger partial charge in [0.1, 0.15) is 12.4 Å². The van der Waals surface area contributed by atoms with Crippen molar-refractivity contribution in [1.82, 2.24) is 4.90 Å². The molecule has 0 radical (unpaired) electrons. The number of ether oxygens (including phenoxy) is 2. The number of benzene rings is 1. The smallest absolute Gasteiger partial charge is 0.125 e. The van der Waals surface area contributed by atoms with E-state index in [1.807, 2.05) is 0 Å². The van der Waals surface area contributed by atoms with Gasteiger partial charge in [-0.25, -0.2) is 0 Å². The van der Waals surface area contributed by atoms with Crippen molar-refractivity contribution in [2.45, 2.75) is 13.8 Å². The van der Waals surface area contributed by atoms with Crippen LogP contribution in [0.2, 0.25) is 0 Å². The van der Waals surface area contributed by atoms with Gasteiger partial charge in [-0.3, -0.25) is 4.90 Å². The molecule has 3 nitrogen and oxygen atoms in total. The van der Waals surface area contributed by atoms with Crippen molar-refractivity contribution in [2.75, 3.05) is 39.5 Å². The molecule has 1 heterocycles. The van der Waals surface area contributed by atoms with Gasteiger partial charge in [-0.2, -0.15) is 0 Å². The SMILES string of the molecule is Cc1cc(I)cc(C)c1OCCN1CCOCC1. The molecule has 0 atom stereocenters. The molecule has 0 unspecified atom stereocenters. The van der Waals surface area contributed by atoms with Gasteiger partial charge < -0.3 is 9.47 Å². The Balaban J connectivity index is 1.86. The standard InChI is InChI=1S/C14H20INO2/c1-11-9-13(15)10-12(2)14(11)18-8-5-16-3-6-17-7-4-16/h9-10H,3-8H2,1-2H3. The lowest BCUT2D eigenvalue weighted by Gasteiger charge is -2.26. The summed E-state index contributed by atoms with van der Waals surface area (Å²) in [6.45, 7) is 9.69. The molecule has 18 heavy (non-hydrogen) atoms. The van der Waals surface area contributed by atoms with Crippen molar-refractivity contribution < 1.29 is 9.47 Å². The van der Waals surface area contributed by atoms with Gasteiger partial charge in [0.15, 0.2) is 0 Å². The average molecular weight is 361 g/mol. The summed E-state index contributed by atoms with van der Waals surface area (Å²) in [5.41, 5.74) is 2.45. The largest absolute Gasteiger partial charge is 0.492 e. The second-order valence-corrected chi connectivity index (χ2v) is 5.92. The van der Waals surface area contributed by atoms with Crippen molar-refractivity contribution in [3.63, 3.8) is 0 Å². The van der Waals surface area contributed by atoms with Crippen molar-refractivity contribution >= 4 is 22.6 Å². The van der Waals surface area contributed by atoms with Gasteiger partial charge in [-0.15, -0.1) is 0 Å². The maximum atomic E-state index is 5.94. The topological polar surface area (TPSA) is 21.7 Å². The summed E-state index contributed by atoms with van der Waals surface area (Å²) >= 11 is 2.34. The van der Waals surface area contributed by atoms with Crippen LogP contribution in [0.5, 0.6) is 5.75 Å². The Morgan fingerprint density at radius 2 is 1.83 bits per heavy atom. The van der Waals surface area contributed by atoms with Crippen LogP contribution in [0.25, 0.3) is 0 Å². The third-order valence-corrected chi connectivity index (χ3v) is 3.81. The molecular weight excluding hydrogens is 341 g/mol. The average Bonchev–Trinajstić information content (AvgIpc) is 2.34. The first kappa shape index (κ1) is 14.1. The van der Waals surface area contributed by atoms with Gasteiger partial charge in [0.25, 0.3) is 0 Å². The minimum Gasteiger partial charge on any atom is -0.492 e. The Hall–Kier alpha value is -0.330. The minimum atomic E-state index is 0.752. The molecule has 1 fully saturated rings. The van der Waals surface area contributed by atoms with Crippen LogP contribution >= 0.6 is 22.6 Å². The minimum absolute atomic E-state index is 0.752. The maximum absolute atomic E-state index is 5.94. The Morgan fingerprint density at radius 3 is 2.44 bits per heavy atom. The zero-order valence-electron chi connectivity index (χ0n) is 11.0. The van der Waals surface area contributed by atoms with E-state index in [0.717, 1.165) is 45.2 Å². The highest BCUT2D eigenvalue weighted by Gasteiger charge is 2.11. The number of rotatable bonds is 4. The lowest BCUT2D eigenvalue weighted by atomic mass is 10.1. The summed E-state index contributed by atoms with van der Waals surface area (Å²) in [7, 11) is 0. The van der Waals surface area contributed by atoms with Crippen LogP contribution in [-0.4, -0.2) is 44.4 Å². The lowest BCUT2D eigenvalue weighted by Crippen LogP contribution is -2.38. The van der Waals surface area contributed by atoms with E-state index < -0.39 is 0 Å². The van der Waals surface area contributed by atoms with Crippen molar-refractivity contribution in [1.29, 1.82) is 0 Å². The van der Waals surface area contributed by atoms with E-state index in [4.69, 9.17) is 9.47 Å². The lowest BCUT2D eigenvalue weighted by molar-refractivity contribution is 0.0322. The van der Waals surface area contributed by atoms with Gasteiger partial charge in [0, 0.05) is 23.2 Å². The molecule has 0 saturated carbocycles. The third kappa shape index (κ3) is 3.83. The summed E-state index contributed by atoms with van der Waals surface area (Å²) in [5, 5.41) is 0. The number of hydrogen-bond donors (Lipinski definition) is 0. The van der Waals surface area contributed by atoms with Gasteiger partial charge in [-0.05, 0) is 59.7 Å². The van der Waals surface area contributed by atoms with E-state index in [1.165, 1.54) is 14.7 Å². The van der Waals surface area contributed by atoms with Crippen LogP contribution in [0.3, 0.4) is 0 Å².